The molecule has 7 rings (SSSR count). The zero-order valence-electron chi connectivity index (χ0n) is 30.0. The number of nitrogens with zero attached hydrogens (tertiary/aromatic N) is 4. The molecule has 2 aromatic heterocycles. The van der Waals surface area contributed by atoms with Gasteiger partial charge in [-0.25, -0.2) is 19.6 Å². The van der Waals surface area contributed by atoms with Crippen LogP contribution in [0, 0.1) is 5.92 Å². The summed E-state index contributed by atoms with van der Waals surface area (Å²) in [6.07, 6.45) is 2.43. The Morgan fingerprint density at radius 3 is 2.07 bits per heavy atom. The number of H-pyrrole nitrogens is 2. The number of aromatic nitrogens is 4. The third-order valence-electron chi connectivity index (χ3n) is 10.2. The topological polar surface area (TPSA) is 166 Å². The van der Waals surface area contributed by atoms with E-state index in [4.69, 9.17) is 9.47 Å². The van der Waals surface area contributed by atoms with Crippen LogP contribution in [0.25, 0.3) is 44.4 Å². The van der Waals surface area contributed by atoms with E-state index in [1.807, 2.05) is 30.3 Å². The van der Waals surface area contributed by atoms with Crippen molar-refractivity contribution in [2.24, 2.45) is 5.92 Å². The summed E-state index contributed by atoms with van der Waals surface area (Å²) in [6, 6.07) is 18.4. The summed E-state index contributed by atoms with van der Waals surface area (Å²) in [5.74, 6) is 0.330. The molecule has 0 aliphatic carbocycles. The van der Waals surface area contributed by atoms with Crippen molar-refractivity contribution in [2.45, 2.75) is 64.0 Å². The van der Waals surface area contributed by atoms with Gasteiger partial charge in [-0.2, -0.15) is 8.78 Å². The number of aromatic amines is 2. The van der Waals surface area contributed by atoms with Gasteiger partial charge in [-0.15, -0.1) is 0 Å². The molecule has 2 aliphatic rings. The standard InChI is InChI=1S/C39H41F2N7O6/c1-21(2)33(46-38(50)53-3)36(49)48-20-28(54-37(40)41)17-32(48)35-43-18-29(44-35)23-8-6-22(7-9-23)24-10-11-26-16-27(13-12-25(26)15-24)30-19-42-34(45-30)31-5-4-14-47(31)39(51)52/h6-13,15-16,18-19,21,28,31-33,37H,4-5,14,17,20H2,1-3H3,(H,42,45)(H,43,44)(H,46,50)(H,51,52). The molecule has 13 nitrogen and oxygen atoms in total. The Balaban J connectivity index is 1.07. The van der Waals surface area contributed by atoms with Crippen LogP contribution in [-0.2, 0) is 14.3 Å². The molecule has 2 saturated heterocycles. The number of halogens is 2. The maximum absolute atomic E-state index is 13.7. The van der Waals surface area contributed by atoms with Gasteiger partial charge >= 0.3 is 18.8 Å². The molecule has 0 radical (unpaired) electrons. The lowest BCUT2D eigenvalue weighted by Gasteiger charge is -2.29. The summed E-state index contributed by atoms with van der Waals surface area (Å²) in [5.41, 5.74) is 5.34. The minimum atomic E-state index is -3.00. The van der Waals surface area contributed by atoms with Crippen molar-refractivity contribution in [3.8, 4) is 33.6 Å². The van der Waals surface area contributed by atoms with Crippen molar-refractivity contribution in [3.05, 3.63) is 84.7 Å². The van der Waals surface area contributed by atoms with Crippen LogP contribution in [0.15, 0.2) is 73.1 Å². The molecule has 4 atom stereocenters. The quantitative estimate of drug-likeness (QED) is 0.115. The number of hydrogen-bond acceptors (Lipinski definition) is 7. The lowest BCUT2D eigenvalue weighted by molar-refractivity contribution is -0.160. The molecule has 282 valence electrons. The van der Waals surface area contributed by atoms with Crippen LogP contribution in [0.2, 0.25) is 0 Å². The molecule has 54 heavy (non-hydrogen) atoms. The second-order valence-electron chi connectivity index (χ2n) is 14.0. The predicted octanol–water partition coefficient (Wildman–Crippen LogP) is 7.36. The summed E-state index contributed by atoms with van der Waals surface area (Å²) < 4.78 is 35.9. The molecular formula is C39H41F2N7O6. The number of rotatable bonds is 10. The average molecular weight is 742 g/mol. The first-order valence-corrected chi connectivity index (χ1v) is 17.8. The van der Waals surface area contributed by atoms with Crippen LogP contribution in [0.4, 0.5) is 18.4 Å². The fraction of sp³-hybridized carbons (Fsp3) is 0.359. The molecule has 4 N–H and O–H groups in total. The van der Waals surface area contributed by atoms with Gasteiger partial charge in [-0.05, 0) is 58.4 Å². The van der Waals surface area contributed by atoms with E-state index >= 15 is 0 Å². The summed E-state index contributed by atoms with van der Waals surface area (Å²) >= 11 is 0. The number of carbonyl (C=O) groups is 3. The summed E-state index contributed by atoms with van der Waals surface area (Å²) in [4.78, 5) is 55.8. The van der Waals surface area contributed by atoms with E-state index < -0.39 is 42.9 Å². The number of nitrogens with one attached hydrogen (secondary N) is 3. The number of ether oxygens (including phenoxy) is 2. The van der Waals surface area contributed by atoms with Gasteiger partial charge in [0.1, 0.15) is 17.7 Å². The number of hydrogen-bond donors (Lipinski definition) is 4. The van der Waals surface area contributed by atoms with Crippen molar-refractivity contribution in [1.29, 1.82) is 0 Å². The molecule has 0 bridgehead atoms. The van der Waals surface area contributed by atoms with Crippen LogP contribution >= 0.6 is 0 Å². The number of benzene rings is 3. The van der Waals surface area contributed by atoms with Crippen molar-refractivity contribution < 1.29 is 37.7 Å². The molecule has 4 heterocycles. The Morgan fingerprint density at radius 1 is 0.852 bits per heavy atom. The summed E-state index contributed by atoms with van der Waals surface area (Å²) in [5, 5.41) is 14.2. The second kappa shape index (κ2) is 15.3. The van der Waals surface area contributed by atoms with Crippen LogP contribution < -0.4 is 5.32 Å². The fourth-order valence-electron chi connectivity index (χ4n) is 7.44. The molecule has 3 amide bonds. The van der Waals surface area contributed by atoms with Crippen molar-refractivity contribution >= 4 is 28.9 Å². The highest BCUT2D eigenvalue weighted by atomic mass is 19.3. The third kappa shape index (κ3) is 7.49. The normalized spacial score (nSPS) is 19.2. The van der Waals surface area contributed by atoms with Gasteiger partial charge in [0, 0.05) is 25.1 Å². The van der Waals surface area contributed by atoms with Gasteiger partial charge in [0.2, 0.25) is 5.91 Å². The molecule has 15 heteroatoms. The Kier molecular flexibility index (Phi) is 10.3. The molecular weight excluding hydrogens is 700 g/mol. The molecule has 0 saturated carbocycles. The SMILES string of the molecule is COC(=O)NC(C(=O)N1CC(OC(F)F)CC1c1ncc(-c2ccc(-c3ccc4cc(-c5cnc(C6CCCN6C(=O)O)[nH]5)ccc4c3)cc2)[nH]1)C(C)C. The first kappa shape index (κ1) is 36.5. The van der Waals surface area contributed by atoms with Gasteiger partial charge in [0.15, 0.2) is 0 Å². The van der Waals surface area contributed by atoms with E-state index in [0.717, 1.165) is 51.6 Å². The number of imidazole rings is 2. The smallest absolute Gasteiger partial charge is 0.407 e. The third-order valence-corrected chi connectivity index (χ3v) is 10.2. The van der Waals surface area contributed by atoms with Gasteiger partial charge in [0.25, 0.3) is 0 Å². The molecule has 5 aromatic rings. The number of alkyl halides is 2. The Hall–Kier alpha value is -5.83. The molecule has 3 aromatic carbocycles. The maximum Gasteiger partial charge on any atom is 0.407 e. The number of carboxylic acid groups (broad SMARTS) is 1. The number of carbonyl (C=O) groups excluding carboxylic acids is 2. The zero-order valence-corrected chi connectivity index (χ0v) is 30.0. The number of fused-ring (bicyclic) bond motifs is 1. The van der Waals surface area contributed by atoms with Crippen molar-refractivity contribution in [1.82, 2.24) is 35.1 Å². The average Bonchev–Trinajstić information content (AvgIpc) is 3.99. The van der Waals surface area contributed by atoms with Gasteiger partial charge in [0.05, 0.1) is 49.1 Å². The first-order valence-electron chi connectivity index (χ1n) is 17.8. The van der Waals surface area contributed by atoms with Gasteiger partial charge < -0.3 is 34.8 Å². The summed E-state index contributed by atoms with van der Waals surface area (Å²) in [7, 11) is 1.20. The Labute approximate surface area is 309 Å². The van der Waals surface area contributed by atoms with Crippen molar-refractivity contribution in [2.75, 3.05) is 20.2 Å². The van der Waals surface area contributed by atoms with Gasteiger partial charge in [-0.1, -0.05) is 62.4 Å². The lowest BCUT2D eigenvalue weighted by atomic mass is 9.98. The highest BCUT2D eigenvalue weighted by Gasteiger charge is 2.43. The molecule has 0 spiro atoms. The monoisotopic (exact) mass is 741 g/mol. The van der Waals surface area contributed by atoms with Gasteiger partial charge in [-0.3, -0.25) is 9.69 Å². The van der Waals surface area contributed by atoms with E-state index in [-0.39, 0.29) is 24.9 Å². The Bertz CT molecular complexity index is 2150. The first-order chi connectivity index (χ1) is 26.0. The fourth-order valence-corrected chi connectivity index (χ4v) is 7.44. The second-order valence-corrected chi connectivity index (χ2v) is 14.0. The molecule has 2 aliphatic heterocycles. The van der Waals surface area contributed by atoms with Crippen LogP contribution in [0.1, 0.15) is 56.8 Å². The number of amides is 3. The number of alkyl carbamates (subject to hydrolysis) is 1. The largest absolute Gasteiger partial charge is 0.465 e. The number of likely N-dealkylation sites (tertiary alicyclic amines) is 2. The van der Waals surface area contributed by atoms with E-state index in [0.29, 0.717) is 23.9 Å². The van der Waals surface area contributed by atoms with E-state index in [1.54, 1.807) is 26.2 Å². The van der Waals surface area contributed by atoms with Crippen LogP contribution in [0.5, 0.6) is 0 Å². The summed E-state index contributed by atoms with van der Waals surface area (Å²) in [6.45, 7) is 0.959. The zero-order chi connectivity index (χ0) is 38.1. The highest BCUT2D eigenvalue weighted by Crippen LogP contribution is 2.36. The molecule has 4 unspecified atom stereocenters. The van der Waals surface area contributed by atoms with E-state index in [2.05, 4.69) is 55.6 Å². The van der Waals surface area contributed by atoms with Crippen molar-refractivity contribution in [3.63, 3.8) is 0 Å². The van der Waals surface area contributed by atoms with E-state index in [9.17, 15) is 28.3 Å². The van der Waals surface area contributed by atoms with E-state index in [1.165, 1.54) is 16.9 Å². The predicted molar refractivity (Wildman–Crippen MR) is 195 cm³/mol. The Morgan fingerprint density at radius 2 is 1.44 bits per heavy atom. The maximum atomic E-state index is 13.7. The van der Waals surface area contributed by atoms with Crippen LogP contribution in [0.3, 0.4) is 0 Å². The lowest BCUT2D eigenvalue weighted by Crippen LogP contribution is -2.51. The number of methoxy groups -OCH3 is 1. The highest BCUT2D eigenvalue weighted by molar-refractivity contribution is 5.91. The van der Waals surface area contributed by atoms with Crippen LogP contribution in [-0.4, -0.2) is 91.9 Å². The minimum Gasteiger partial charge on any atom is -0.465 e. The minimum absolute atomic E-state index is 0.0876. The molecule has 2 fully saturated rings.